The molecule has 0 saturated carbocycles. The van der Waals surface area contributed by atoms with Crippen molar-refractivity contribution in [2.75, 3.05) is 19.6 Å². The molecule has 0 unspecified atom stereocenters. The number of carbonyl (C=O) groups excluding carboxylic acids is 1. The highest BCUT2D eigenvalue weighted by atomic mass is 16.2. The Kier molecular flexibility index (Phi) is 4.57. The average molecular weight is 353 g/mol. The van der Waals surface area contributed by atoms with Crippen molar-refractivity contribution < 1.29 is 4.79 Å². The van der Waals surface area contributed by atoms with Gasteiger partial charge in [0.15, 0.2) is 5.43 Å². The zero-order valence-corrected chi connectivity index (χ0v) is 15.5. The third-order valence-electron chi connectivity index (χ3n) is 6.25. The molecule has 0 radical (unpaired) electrons. The molecule has 1 aromatic carbocycles. The zero-order chi connectivity index (χ0) is 18.1. The molecule has 0 aliphatic carbocycles. The summed E-state index contributed by atoms with van der Waals surface area (Å²) in [6, 6.07) is 9.11. The Labute approximate surface area is 154 Å². The zero-order valence-electron chi connectivity index (χ0n) is 15.5. The van der Waals surface area contributed by atoms with Crippen LogP contribution in [0, 0.1) is 6.92 Å². The van der Waals surface area contributed by atoms with Crippen molar-refractivity contribution in [2.24, 2.45) is 0 Å². The van der Waals surface area contributed by atoms with Crippen LogP contribution in [0.2, 0.25) is 0 Å². The molecule has 0 atom stereocenters. The Morgan fingerprint density at radius 3 is 2.69 bits per heavy atom. The minimum atomic E-state index is 0.0106. The van der Waals surface area contributed by atoms with E-state index in [0.717, 1.165) is 24.2 Å². The fourth-order valence-electron chi connectivity index (χ4n) is 4.93. The number of benzene rings is 1. The molecule has 5 nitrogen and oxygen atoms in total. The maximum Gasteiger partial charge on any atom is 0.239 e. The smallest absolute Gasteiger partial charge is 0.239 e. The highest BCUT2D eigenvalue weighted by molar-refractivity contribution is 5.82. The van der Waals surface area contributed by atoms with Gasteiger partial charge in [-0.25, -0.2) is 0 Å². The van der Waals surface area contributed by atoms with Gasteiger partial charge >= 0.3 is 0 Å². The van der Waals surface area contributed by atoms with Crippen LogP contribution in [0.15, 0.2) is 35.1 Å². The van der Waals surface area contributed by atoms with Gasteiger partial charge in [-0.05, 0) is 64.3 Å². The van der Waals surface area contributed by atoms with Crippen LogP contribution >= 0.6 is 0 Å². The van der Waals surface area contributed by atoms with E-state index in [1.54, 1.807) is 6.07 Å². The summed E-state index contributed by atoms with van der Waals surface area (Å²) in [5.41, 5.74) is 1.99. The van der Waals surface area contributed by atoms with Crippen molar-refractivity contribution in [3.05, 3.63) is 46.2 Å². The number of fused-ring (bicyclic) bond motifs is 2. The van der Waals surface area contributed by atoms with Gasteiger partial charge in [0.05, 0.1) is 5.52 Å². The molecule has 4 rings (SSSR count). The molecular formula is C21H27N3O2. The molecule has 138 valence electrons. The number of nitrogens with one attached hydrogen (secondary N) is 1. The van der Waals surface area contributed by atoms with Gasteiger partial charge in [0, 0.05) is 29.2 Å². The van der Waals surface area contributed by atoms with Crippen molar-refractivity contribution in [1.29, 1.82) is 0 Å². The van der Waals surface area contributed by atoms with E-state index >= 15 is 0 Å². The van der Waals surface area contributed by atoms with E-state index in [1.807, 2.05) is 35.8 Å². The summed E-state index contributed by atoms with van der Waals surface area (Å²) in [6.45, 7) is 5.30. The fourth-order valence-corrected chi connectivity index (χ4v) is 4.93. The van der Waals surface area contributed by atoms with Gasteiger partial charge < -0.3 is 9.88 Å². The second kappa shape index (κ2) is 6.88. The lowest BCUT2D eigenvalue weighted by molar-refractivity contribution is -0.121. The van der Waals surface area contributed by atoms with Crippen LogP contribution in [0.3, 0.4) is 0 Å². The lowest BCUT2D eigenvalue weighted by Gasteiger charge is -2.32. The van der Waals surface area contributed by atoms with E-state index in [1.165, 1.54) is 38.8 Å². The van der Waals surface area contributed by atoms with E-state index in [4.69, 9.17) is 0 Å². The topological polar surface area (TPSA) is 54.3 Å². The van der Waals surface area contributed by atoms with Gasteiger partial charge in [0.2, 0.25) is 5.91 Å². The fraction of sp³-hybridized carbons (Fsp3) is 0.524. The second-order valence-electron chi connectivity index (χ2n) is 7.77. The Bertz CT molecular complexity index is 876. The molecule has 2 aliphatic rings. The van der Waals surface area contributed by atoms with Crippen molar-refractivity contribution in [3.8, 4) is 0 Å². The lowest BCUT2D eigenvalue weighted by atomic mass is 9.90. The summed E-state index contributed by atoms with van der Waals surface area (Å²) in [4.78, 5) is 27.3. The van der Waals surface area contributed by atoms with E-state index in [0.29, 0.717) is 10.9 Å². The second-order valence-corrected chi connectivity index (χ2v) is 7.77. The predicted molar refractivity (Wildman–Crippen MR) is 103 cm³/mol. The first-order valence-electron chi connectivity index (χ1n) is 9.70. The molecule has 2 aliphatic heterocycles. The molecule has 0 spiro atoms. The number of aromatic nitrogens is 1. The summed E-state index contributed by atoms with van der Waals surface area (Å²) < 4.78 is 1.93. The van der Waals surface area contributed by atoms with Gasteiger partial charge in [0.1, 0.15) is 6.54 Å². The Hall–Kier alpha value is -2.14. The third kappa shape index (κ3) is 3.05. The van der Waals surface area contributed by atoms with Crippen LogP contribution in [0.5, 0.6) is 0 Å². The first-order chi connectivity index (χ1) is 12.6. The minimum Gasteiger partial charge on any atom is -0.354 e. The molecule has 1 aromatic heterocycles. The Balaban J connectivity index is 1.43. The molecule has 5 heteroatoms. The molecule has 26 heavy (non-hydrogen) atoms. The summed E-state index contributed by atoms with van der Waals surface area (Å²) in [6.07, 6.45) is 6.16. The first-order valence-corrected chi connectivity index (χ1v) is 9.70. The molecular weight excluding hydrogens is 326 g/mol. The number of para-hydroxylation sites is 1. The number of amides is 1. The normalized spacial score (nSPS) is 19.0. The number of hydrogen-bond donors (Lipinski definition) is 1. The summed E-state index contributed by atoms with van der Waals surface area (Å²) in [5.74, 6) is 0.0147. The number of pyridine rings is 1. The van der Waals surface area contributed by atoms with E-state index in [2.05, 4.69) is 10.2 Å². The largest absolute Gasteiger partial charge is 0.354 e. The number of rotatable bonds is 5. The quantitative estimate of drug-likeness (QED) is 0.898. The highest BCUT2D eigenvalue weighted by Gasteiger charge is 2.43. The standard InChI is InChI=1S/C21H27N3O2/c1-16-14-19(25)17-6-2-3-7-18(17)24(16)15-20(26)22-11-10-21-8-4-12-23(21)13-5-9-21/h2-3,6-7,14H,4-5,8-13,15H2,1H3,(H,22,26). The highest BCUT2D eigenvalue weighted by Crippen LogP contribution is 2.40. The van der Waals surface area contributed by atoms with Crippen molar-refractivity contribution in [1.82, 2.24) is 14.8 Å². The average Bonchev–Trinajstić information content (AvgIpc) is 3.18. The van der Waals surface area contributed by atoms with Crippen LogP contribution in [0.1, 0.15) is 37.8 Å². The molecule has 2 aromatic rings. The minimum absolute atomic E-state index is 0.0106. The summed E-state index contributed by atoms with van der Waals surface area (Å²) in [5, 5.41) is 3.77. The molecule has 3 heterocycles. The number of aryl methyl sites for hydroxylation is 1. The SMILES string of the molecule is Cc1cc(=O)c2ccccc2n1CC(=O)NCCC12CCCN1CCC2. The van der Waals surface area contributed by atoms with Gasteiger partial charge in [-0.3, -0.25) is 14.5 Å². The van der Waals surface area contributed by atoms with Gasteiger partial charge in [-0.15, -0.1) is 0 Å². The third-order valence-corrected chi connectivity index (χ3v) is 6.25. The first kappa shape index (κ1) is 17.3. The van der Waals surface area contributed by atoms with Crippen molar-refractivity contribution >= 4 is 16.8 Å². The van der Waals surface area contributed by atoms with Gasteiger partial charge in [-0.2, -0.15) is 0 Å². The predicted octanol–water partition coefficient (Wildman–Crippen LogP) is 2.44. The van der Waals surface area contributed by atoms with Crippen LogP contribution in [-0.2, 0) is 11.3 Å². The van der Waals surface area contributed by atoms with Crippen molar-refractivity contribution in [3.63, 3.8) is 0 Å². The van der Waals surface area contributed by atoms with Gasteiger partial charge in [-0.1, -0.05) is 12.1 Å². The maximum atomic E-state index is 12.5. The Morgan fingerprint density at radius 2 is 1.92 bits per heavy atom. The van der Waals surface area contributed by atoms with Crippen LogP contribution in [-0.4, -0.2) is 40.5 Å². The number of nitrogens with zero attached hydrogens (tertiary/aromatic N) is 2. The van der Waals surface area contributed by atoms with Crippen LogP contribution in [0.25, 0.3) is 10.9 Å². The molecule has 1 amide bonds. The number of carbonyl (C=O) groups is 1. The Morgan fingerprint density at radius 1 is 1.19 bits per heavy atom. The molecule has 0 bridgehead atoms. The van der Waals surface area contributed by atoms with E-state index in [9.17, 15) is 9.59 Å². The number of hydrogen-bond acceptors (Lipinski definition) is 3. The summed E-state index contributed by atoms with van der Waals surface area (Å²) in [7, 11) is 0. The monoisotopic (exact) mass is 353 g/mol. The molecule has 2 fully saturated rings. The maximum absolute atomic E-state index is 12.5. The van der Waals surface area contributed by atoms with E-state index in [-0.39, 0.29) is 17.9 Å². The van der Waals surface area contributed by atoms with E-state index < -0.39 is 0 Å². The lowest BCUT2D eigenvalue weighted by Crippen LogP contribution is -2.41. The summed E-state index contributed by atoms with van der Waals surface area (Å²) >= 11 is 0. The van der Waals surface area contributed by atoms with Crippen LogP contribution in [0.4, 0.5) is 0 Å². The van der Waals surface area contributed by atoms with Crippen LogP contribution < -0.4 is 10.7 Å². The van der Waals surface area contributed by atoms with Crippen molar-refractivity contribution in [2.45, 2.75) is 51.1 Å². The van der Waals surface area contributed by atoms with Gasteiger partial charge in [0.25, 0.3) is 0 Å². The molecule has 1 N–H and O–H groups in total. The molecule has 2 saturated heterocycles.